The van der Waals surface area contributed by atoms with Crippen LogP contribution in [-0.4, -0.2) is 23.5 Å². The van der Waals surface area contributed by atoms with E-state index in [4.69, 9.17) is 9.15 Å². The predicted octanol–water partition coefficient (Wildman–Crippen LogP) is 5.06. The molecule has 0 atom stereocenters. The molecule has 3 rings (SSSR count). The number of nitrogens with one attached hydrogen (secondary N) is 3. The van der Waals surface area contributed by atoms with Crippen molar-refractivity contribution in [2.24, 2.45) is 5.41 Å². The summed E-state index contributed by atoms with van der Waals surface area (Å²) in [5, 5.41) is 8.83. The summed E-state index contributed by atoms with van der Waals surface area (Å²) >= 11 is 0. The van der Waals surface area contributed by atoms with Crippen molar-refractivity contribution in [3.05, 3.63) is 72.1 Å². The molecule has 0 unspecified atom stereocenters. The highest BCUT2D eigenvalue weighted by Gasteiger charge is 2.14. The zero-order valence-corrected chi connectivity index (χ0v) is 18.5. The molecule has 0 bridgehead atoms. The van der Waals surface area contributed by atoms with Crippen molar-refractivity contribution in [2.75, 3.05) is 17.2 Å². The molecule has 32 heavy (non-hydrogen) atoms. The summed E-state index contributed by atoms with van der Waals surface area (Å²) in [4.78, 5) is 28.7. The first-order valence-corrected chi connectivity index (χ1v) is 10.4. The molecule has 8 heteroatoms. The van der Waals surface area contributed by atoms with Crippen molar-refractivity contribution in [1.29, 1.82) is 0 Å². The van der Waals surface area contributed by atoms with E-state index in [1.807, 2.05) is 24.3 Å². The number of para-hydroxylation sites is 1. The minimum absolute atomic E-state index is 0.0951. The van der Waals surface area contributed by atoms with Crippen LogP contribution < -0.4 is 20.7 Å². The Bertz CT molecular complexity index is 1040. The lowest BCUT2D eigenvalue weighted by Crippen LogP contribution is -2.28. The first-order chi connectivity index (χ1) is 15.3. The summed E-state index contributed by atoms with van der Waals surface area (Å²) < 4.78 is 9.98. The van der Waals surface area contributed by atoms with Crippen LogP contribution in [0.4, 0.5) is 16.3 Å². The summed E-state index contributed by atoms with van der Waals surface area (Å²) in [6.45, 7) is 7.48. The van der Waals surface area contributed by atoms with Gasteiger partial charge < -0.3 is 19.8 Å². The van der Waals surface area contributed by atoms with Crippen LogP contribution in [0.2, 0.25) is 0 Å². The van der Waals surface area contributed by atoms with Gasteiger partial charge in [0.25, 0.3) is 11.9 Å². The molecule has 2 heterocycles. The molecular formula is C24H28N4O4. The Balaban J connectivity index is 1.58. The number of aromatic nitrogens is 1. The number of anilines is 2. The number of nitrogens with zero attached hydrogens (tertiary/aromatic N) is 1. The smallest absolute Gasteiger partial charge is 0.420 e. The summed E-state index contributed by atoms with van der Waals surface area (Å²) in [5.41, 5.74) is 2.33. The van der Waals surface area contributed by atoms with E-state index in [-0.39, 0.29) is 17.3 Å². The van der Waals surface area contributed by atoms with Crippen molar-refractivity contribution >= 4 is 23.5 Å². The standard InChI is InChI=1S/C24H28N4O4/c1-24(2,3)11-13-26-22(29)18-7-4-5-8-19(18)27-16-17-10-12-25-20(15-17)28-23(30)32-21-9-6-14-31-21/h4-10,12,14-15,27H,11,13,16H2,1-3H3,(H,26,29)(H,25,28,30). The van der Waals surface area contributed by atoms with E-state index in [2.05, 4.69) is 41.7 Å². The number of ether oxygens (including phenoxy) is 1. The van der Waals surface area contributed by atoms with Crippen LogP contribution in [0.15, 0.2) is 65.4 Å². The zero-order chi connectivity index (χ0) is 23.0. The van der Waals surface area contributed by atoms with Gasteiger partial charge in [0, 0.05) is 31.0 Å². The van der Waals surface area contributed by atoms with E-state index in [0.717, 1.165) is 17.7 Å². The number of furan rings is 1. The fourth-order valence-corrected chi connectivity index (χ4v) is 2.87. The van der Waals surface area contributed by atoms with Gasteiger partial charge in [-0.05, 0) is 47.7 Å². The number of amides is 2. The molecule has 0 aliphatic rings. The van der Waals surface area contributed by atoms with Crippen LogP contribution in [0.3, 0.4) is 0 Å². The van der Waals surface area contributed by atoms with Gasteiger partial charge in [-0.15, -0.1) is 0 Å². The highest BCUT2D eigenvalue weighted by molar-refractivity contribution is 5.99. The topological polar surface area (TPSA) is 105 Å². The molecule has 0 aliphatic heterocycles. The Morgan fingerprint density at radius 3 is 2.66 bits per heavy atom. The molecule has 8 nitrogen and oxygen atoms in total. The molecule has 0 radical (unpaired) electrons. The second kappa shape index (κ2) is 10.5. The van der Waals surface area contributed by atoms with Gasteiger partial charge in [-0.1, -0.05) is 32.9 Å². The minimum atomic E-state index is -0.699. The highest BCUT2D eigenvalue weighted by atomic mass is 16.6. The van der Waals surface area contributed by atoms with E-state index in [9.17, 15) is 9.59 Å². The van der Waals surface area contributed by atoms with E-state index in [1.165, 1.54) is 12.3 Å². The Kier molecular flexibility index (Phi) is 7.49. The molecule has 3 aromatic rings. The molecule has 0 aliphatic carbocycles. The SMILES string of the molecule is CC(C)(C)CCNC(=O)c1ccccc1NCc1ccnc(NC(=O)Oc2ccco2)c1. The molecule has 2 amide bonds. The van der Waals surface area contributed by atoms with Crippen LogP contribution in [-0.2, 0) is 6.54 Å². The normalized spacial score (nSPS) is 11.0. The molecule has 0 fully saturated rings. The third-order valence-corrected chi connectivity index (χ3v) is 4.56. The van der Waals surface area contributed by atoms with Crippen molar-refractivity contribution in [3.63, 3.8) is 0 Å². The molecule has 1 aromatic carbocycles. The van der Waals surface area contributed by atoms with Crippen molar-refractivity contribution in [1.82, 2.24) is 10.3 Å². The average molecular weight is 437 g/mol. The predicted molar refractivity (Wildman–Crippen MR) is 123 cm³/mol. The van der Waals surface area contributed by atoms with Crippen LogP contribution in [0, 0.1) is 5.41 Å². The summed E-state index contributed by atoms with van der Waals surface area (Å²) in [6, 6.07) is 14.1. The van der Waals surface area contributed by atoms with E-state index >= 15 is 0 Å². The third-order valence-electron chi connectivity index (χ3n) is 4.56. The molecule has 2 aromatic heterocycles. The lowest BCUT2D eigenvalue weighted by atomic mass is 9.92. The summed E-state index contributed by atoms with van der Waals surface area (Å²) in [7, 11) is 0. The maximum Gasteiger partial charge on any atom is 0.420 e. The van der Waals surface area contributed by atoms with Crippen molar-refractivity contribution < 1.29 is 18.7 Å². The van der Waals surface area contributed by atoms with E-state index < -0.39 is 6.09 Å². The number of benzene rings is 1. The number of carbonyl (C=O) groups excluding carboxylic acids is 2. The maximum atomic E-state index is 12.6. The number of rotatable bonds is 8. The highest BCUT2D eigenvalue weighted by Crippen LogP contribution is 2.19. The van der Waals surface area contributed by atoms with E-state index in [1.54, 1.807) is 24.4 Å². The van der Waals surface area contributed by atoms with Gasteiger partial charge in [0.2, 0.25) is 0 Å². The van der Waals surface area contributed by atoms with Gasteiger partial charge in [-0.3, -0.25) is 10.1 Å². The number of carbonyl (C=O) groups is 2. The Labute approximate surface area is 187 Å². The molecule has 0 spiro atoms. The molecule has 0 saturated carbocycles. The molecule has 168 valence electrons. The summed E-state index contributed by atoms with van der Waals surface area (Å²) in [6.07, 6.45) is 3.19. The van der Waals surface area contributed by atoms with E-state index in [0.29, 0.717) is 24.5 Å². The van der Waals surface area contributed by atoms with Gasteiger partial charge >= 0.3 is 6.09 Å². The van der Waals surface area contributed by atoms with Crippen molar-refractivity contribution in [3.8, 4) is 5.95 Å². The Morgan fingerprint density at radius 2 is 1.91 bits per heavy atom. The van der Waals surface area contributed by atoms with Gasteiger partial charge in [-0.2, -0.15) is 0 Å². The van der Waals surface area contributed by atoms with Crippen LogP contribution in [0.5, 0.6) is 5.95 Å². The lowest BCUT2D eigenvalue weighted by molar-refractivity contribution is 0.0950. The lowest BCUT2D eigenvalue weighted by Gasteiger charge is -2.18. The molecule has 0 saturated heterocycles. The van der Waals surface area contributed by atoms with Crippen molar-refractivity contribution in [2.45, 2.75) is 33.7 Å². The van der Waals surface area contributed by atoms with Gasteiger partial charge in [-0.25, -0.2) is 9.78 Å². The summed E-state index contributed by atoms with van der Waals surface area (Å²) in [5.74, 6) is 0.321. The Hall–Kier alpha value is -3.81. The third kappa shape index (κ3) is 7.16. The average Bonchev–Trinajstić information content (AvgIpc) is 3.24. The van der Waals surface area contributed by atoms with Crippen LogP contribution >= 0.6 is 0 Å². The monoisotopic (exact) mass is 436 g/mol. The number of hydrogen-bond acceptors (Lipinski definition) is 6. The quantitative estimate of drug-likeness (QED) is 0.456. The first kappa shape index (κ1) is 22.9. The molecular weight excluding hydrogens is 408 g/mol. The molecule has 3 N–H and O–H groups in total. The zero-order valence-electron chi connectivity index (χ0n) is 18.5. The fourth-order valence-electron chi connectivity index (χ4n) is 2.87. The van der Waals surface area contributed by atoms with Gasteiger partial charge in [0.05, 0.1) is 11.8 Å². The number of hydrogen-bond donors (Lipinski definition) is 3. The van der Waals surface area contributed by atoms with Gasteiger partial charge in [0.1, 0.15) is 5.82 Å². The largest absolute Gasteiger partial charge is 0.434 e. The fraction of sp³-hybridized carbons (Fsp3) is 0.292. The maximum absolute atomic E-state index is 12.6. The number of pyridine rings is 1. The second-order valence-electron chi connectivity index (χ2n) is 8.46. The van der Waals surface area contributed by atoms with Gasteiger partial charge in [0.15, 0.2) is 0 Å². The minimum Gasteiger partial charge on any atom is -0.434 e. The van der Waals surface area contributed by atoms with Crippen LogP contribution in [0.25, 0.3) is 0 Å². The van der Waals surface area contributed by atoms with Crippen LogP contribution in [0.1, 0.15) is 43.1 Å². The first-order valence-electron chi connectivity index (χ1n) is 10.4. The second-order valence-corrected chi connectivity index (χ2v) is 8.46. The Morgan fingerprint density at radius 1 is 1.09 bits per heavy atom.